The van der Waals surface area contributed by atoms with Crippen LogP contribution in [0.1, 0.15) is 11.1 Å². The lowest BCUT2D eigenvalue weighted by Crippen LogP contribution is -2.03. The van der Waals surface area contributed by atoms with Crippen molar-refractivity contribution < 1.29 is 4.92 Å². The first-order valence-electron chi connectivity index (χ1n) is 5.89. The molecule has 0 amide bonds. The van der Waals surface area contributed by atoms with Crippen LogP contribution >= 0.6 is 0 Å². The van der Waals surface area contributed by atoms with Crippen molar-refractivity contribution in [3.63, 3.8) is 0 Å². The molecule has 2 aromatic carbocycles. The van der Waals surface area contributed by atoms with Crippen molar-refractivity contribution in [2.45, 2.75) is 13.5 Å². The maximum Gasteiger partial charge on any atom is 0.271 e. The Balaban J connectivity index is 2.07. The van der Waals surface area contributed by atoms with Gasteiger partial charge in [0.05, 0.1) is 16.3 Å². The monoisotopic (exact) mass is 257 g/mol. The molecule has 0 spiro atoms. The molecule has 0 atom stereocenters. The highest BCUT2D eigenvalue weighted by Crippen LogP contribution is 2.24. The molecule has 0 unspecified atom stereocenters. The van der Waals surface area contributed by atoms with E-state index in [2.05, 4.69) is 5.32 Å². The van der Waals surface area contributed by atoms with Crippen molar-refractivity contribution in [3.05, 3.63) is 63.7 Å². The van der Waals surface area contributed by atoms with E-state index in [0.29, 0.717) is 17.9 Å². The molecule has 0 aromatic heterocycles. The second-order valence-corrected chi connectivity index (χ2v) is 4.37. The van der Waals surface area contributed by atoms with Crippen molar-refractivity contribution in [2.24, 2.45) is 0 Å². The molecule has 98 valence electrons. The number of nitrogens with zero attached hydrogens (tertiary/aromatic N) is 1. The minimum absolute atomic E-state index is 0.00149. The topological polar surface area (TPSA) is 81.2 Å². The molecule has 3 N–H and O–H groups in total. The standard InChI is InChI=1S/C14H15N3O2/c1-10-2-4-11(5-3-10)9-16-14-7-6-12(17(18)19)8-13(14)15/h2-8,16H,9,15H2,1H3. The zero-order chi connectivity index (χ0) is 13.8. The fourth-order valence-electron chi connectivity index (χ4n) is 1.73. The van der Waals surface area contributed by atoms with Crippen LogP contribution in [-0.2, 0) is 6.54 Å². The minimum atomic E-state index is -0.458. The molecule has 0 aliphatic heterocycles. The molecular formula is C14H15N3O2. The number of nitro benzene ring substituents is 1. The molecule has 19 heavy (non-hydrogen) atoms. The summed E-state index contributed by atoms with van der Waals surface area (Å²) in [6.45, 7) is 2.66. The molecule has 0 aliphatic rings. The molecule has 0 saturated carbocycles. The fourth-order valence-corrected chi connectivity index (χ4v) is 1.73. The molecule has 2 rings (SSSR count). The van der Waals surface area contributed by atoms with E-state index in [1.165, 1.54) is 17.7 Å². The van der Waals surface area contributed by atoms with Crippen LogP contribution in [0.3, 0.4) is 0 Å². The Hall–Kier alpha value is -2.56. The molecule has 2 aromatic rings. The predicted molar refractivity (Wildman–Crippen MR) is 76.0 cm³/mol. The number of non-ortho nitro benzene ring substituents is 1. The molecule has 5 heteroatoms. The van der Waals surface area contributed by atoms with E-state index >= 15 is 0 Å². The van der Waals surface area contributed by atoms with E-state index < -0.39 is 4.92 Å². The fraction of sp³-hybridized carbons (Fsp3) is 0.143. The molecule has 0 heterocycles. The Morgan fingerprint density at radius 3 is 2.47 bits per heavy atom. The van der Waals surface area contributed by atoms with E-state index in [9.17, 15) is 10.1 Å². The summed E-state index contributed by atoms with van der Waals surface area (Å²) in [6.07, 6.45) is 0. The Bertz CT molecular complexity index is 594. The number of hydrogen-bond acceptors (Lipinski definition) is 4. The van der Waals surface area contributed by atoms with Gasteiger partial charge in [0.1, 0.15) is 0 Å². The highest BCUT2D eigenvalue weighted by atomic mass is 16.6. The molecule has 0 bridgehead atoms. The number of hydrogen-bond donors (Lipinski definition) is 2. The maximum atomic E-state index is 10.6. The van der Waals surface area contributed by atoms with Crippen LogP contribution in [0.25, 0.3) is 0 Å². The Morgan fingerprint density at radius 1 is 1.21 bits per heavy atom. The van der Waals surface area contributed by atoms with Gasteiger partial charge in [0, 0.05) is 18.7 Å². The smallest absolute Gasteiger partial charge is 0.271 e. The van der Waals surface area contributed by atoms with E-state index in [-0.39, 0.29) is 5.69 Å². The number of anilines is 2. The Labute approximate surface area is 111 Å². The van der Waals surface area contributed by atoms with Crippen LogP contribution < -0.4 is 11.1 Å². The van der Waals surface area contributed by atoms with Gasteiger partial charge in [0.2, 0.25) is 0 Å². The van der Waals surface area contributed by atoms with Crippen LogP contribution in [0.15, 0.2) is 42.5 Å². The zero-order valence-electron chi connectivity index (χ0n) is 10.6. The second kappa shape index (κ2) is 5.39. The van der Waals surface area contributed by atoms with Crippen molar-refractivity contribution in [3.8, 4) is 0 Å². The first-order chi connectivity index (χ1) is 9.06. The van der Waals surface area contributed by atoms with Crippen LogP contribution in [0.4, 0.5) is 17.1 Å². The maximum absolute atomic E-state index is 10.6. The number of nitrogen functional groups attached to an aromatic ring is 1. The summed E-state index contributed by atoms with van der Waals surface area (Å²) in [5.41, 5.74) is 9.19. The largest absolute Gasteiger partial charge is 0.397 e. The van der Waals surface area contributed by atoms with Crippen molar-refractivity contribution in [1.29, 1.82) is 0 Å². The summed E-state index contributed by atoms with van der Waals surface area (Å²) in [6, 6.07) is 12.6. The summed E-state index contributed by atoms with van der Waals surface area (Å²) in [5.74, 6) is 0. The zero-order valence-corrected chi connectivity index (χ0v) is 10.6. The first-order valence-corrected chi connectivity index (χ1v) is 5.89. The quantitative estimate of drug-likeness (QED) is 0.501. The van der Waals surface area contributed by atoms with Crippen LogP contribution in [0.5, 0.6) is 0 Å². The summed E-state index contributed by atoms with van der Waals surface area (Å²) >= 11 is 0. The molecule has 0 aliphatic carbocycles. The lowest BCUT2D eigenvalue weighted by Gasteiger charge is -2.09. The van der Waals surface area contributed by atoms with E-state index in [1.54, 1.807) is 6.07 Å². The molecular weight excluding hydrogens is 242 g/mol. The van der Waals surface area contributed by atoms with E-state index in [0.717, 1.165) is 5.56 Å². The number of aryl methyl sites for hydroxylation is 1. The average Bonchev–Trinajstić information content (AvgIpc) is 2.39. The van der Waals surface area contributed by atoms with Crippen molar-refractivity contribution in [2.75, 3.05) is 11.1 Å². The lowest BCUT2D eigenvalue weighted by atomic mass is 10.1. The van der Waals surface area contributed by atoms with Gasteiger partial charge < -0.3 is 11.1 Å². The van der Waals surface area contributed by atoms with Gasteiger partial charge >= 0.3 is 0 Å². The minimum Gasteiger partial charge on any atom is -0.397 e. The summed E-state index contributed by atoms with van der Waals surface area (Å²) in [5, 5.41) is 13.8. The average molecular weight is 257 g/mol. The molecule has 0 fully saturated rings. The third-order valence-corrected chi connectivity index (χ3v) is 2.85. The van der Waals surface area contributed by atoms with Gasteiger partial charge in [-0.1, -0.05) is 29.8 Å². The third-order valence-electron chi connectivity index (χ3n) is 2.85. The number of benzene rings is 2. The summed E-state index contributed by atoms with van der Waals surface area (Å²) in [7, 11) is 0. The highest BCUT2D eigenvalue weighted by molar-refractivity contribution is 5.69. The highest BCUT2D eigenvalue weighted by Gasteiger charge is 2.08. The van der Waals surface area contributed by atoms with Gasteiger partial charge in [0.25, 0.3) is 5.69 Å². The van der Waals surface area contributed by atoms with Crippen LogP contribution in [-0.4, -0.2) is 4.92 Å². The van der Waals surface area contributed by atoms with Gasteiger partial charge in [-0.05, 0) is 18.6 Å². The predicted octanol–water partition coefficient (Wildman–Crippen LogP) is 3.10. The van der Waals surface area contributed by atoms with Gasteiger partial charge in [-0.3, -0.25) is 10.1 Å². The normalized spacial score (nSPS) is 10.2. The second-order valence-electron chi connectivity index (χ2n) is 4.37. The summed E-state index contributed by atoms with van der Waals surface area (Å²) < 4.78 is 0. The van der Waals surface area contributed by atoms with Crippen LogP contribution in [0, 0.1) is 17.0 Å². The number of rotatable bonds is 4. The van der Waals surface area contributed by atoms with Gasteiger partial charge in [-0.15, -0.1) is 0 Å². The molecule has 0 saturated heterocycles. The number of nitro groups is 1. The number of nitrogens with two attached hydrogens (primary N) is 1. The summed E-state index contributed by atoms with van der Waals surface area (Å²) in [4.78, 5) is 10.1. The van der Waals surface area contributed by atoms with Crippen molar-refractivity contribution >= 4 is 17.1 Å². The van der Waals surface area contributed by atoms with Gasteiger partial charge in [0.15, 0.2) is 0 Å². The number of nitrogens with one attached hydrogen (secondary N) is 1. The van der Waals surface area contributed by atoms with Crippen LogP contribution in [0.2, 0.25) is 0 Å². The third kappa shape index (κ3) is 3.22. The Morgan fingerprint density at radius 2 is 1.89 bits per heavy atom. The lowest BCUT2D eigenvalue weighted by molar-refractivity contribution is -0.384. The van der Waals surface area contributed by atoms with Gasteiger partial charge in [-0.2, -0.15) is 0 Å². The van der Waals surface area contributed by atoms with E-state index in [4.69, 9.17) is 5.73 Å². The first kappa shape index (κ1) is 12.9. The van der Waals surface area contributed by atoms with Crippen molar-refractivity contribution in [1.82, 2.24) is 0 Å². The molecule has 5 nitrogen and oxygen atoms in total. The van der Waals surface area contributed by atoms with Gasteiger partial charge in [-0.25, -0.2) is 0 Å². The SMILES string of the molecule is Cc1ccc(CNc2ccc([N+](=O)[O-])cc2N)cc1. The Kier molecular flexibility index (Phi) is 3.66. The molecule has 0 radical (unpaired) electrons. The van der Waals surface area contributed by atoms with E-state index in [1.807, 2.05) is 31.2 Å².